The van der Waals surface area contributed by atoms with E-state index in [1.165, 1.54) is 5.56 Å². The van der Waals surface area contributed by atoms with Gasteiger partial charge in [0.05, 0.1) is 6.04 Å². The third-order valence-corrected chi connectivity index (χ3v) is 5.70. The van der Waals surface area contributed by atoms with E-state index in [2.05, 4.69) is 27.0 Å². The average Bonchev–Trinajstić information content (AvgIpc) is 3.38. The number of carbonyl (C=O) groups excluding carboxylic acids is 1. The molecule has 1 N–H and O–H groups in total. The van der Waals surface area contributed by atoms with Crippen molar-refractivity contribution in [1.82, 2.24) is 10.2 Å². The molecule has 0 aliphatic carbocycles. The second-order valence-electron chi connectivity index (χ2n) is 6.53. The number of carbonyl (C=O) groups is 1. The van der Waals surface area contributed by atoms with Crippen molar-refractivity contribution in [2.75, 3.05) is 13.3 Å². The zero-order valence-electron chi connectivity index (χ0n) is 14.2. The van der Waals surface area contributed by atoms with Crippen LogP contribution >= 0.6 is 11.3 Å². The molecule has 1 aromatic carbocycles. The van der Waals surface area contributed by atoms with E-state index in [4.69, 9.17) is 9.47 Å². The number of fused-ring (bicyclic) bond motifs is 1. The van der Waals surface area contributed by atoms with Crippen LogP contribution in [0.15, 0.2) is 35.0 Å². The summed E-state index contributed by atoms with van der Waals surface area (Å²) < 4.78 is 10.7. The molecule has 6 heteroatoms. The van der Waals surface area contributed by atoms with Crippen molar-refractivity contribution in [3.8, 4) is 11.5 Å². The molecule has 0 saturated carbocycles. The first-order chi connectivity index (χ1) is 12.2. The molecule has 1 saturated heterocycles. The van der Waals surface area contributed by atoms with Gasteiger partial charge in [-0.1, -0.05) is 6.07 Å². The highest BCUT2D eigenvalue weighted by Crippen LogP contribution is 2.35. The summed E-state index contributed by atoms with van der Waals surface area (Å²) in [6.07, 6.45) is 2.26. The number of hydrogen-bond donors (Lipinski definition) is 1. The van der Waals surface area contributed by atoms with Crippen LogP contribution in [0, 0.1) is 0 Å². The molecule has 1 aromatic heterocycles. The van der Waals surface area contributed by atoms with Crippen LogP contribution in [0.1, 0.15) is 36.9 Å². The summed E-state index contributed by atoms with van der Waals surface area (Å²) in [5.41, 5.74) is 2.35. The van der Waals surface area contributed by atoms with Gasteiger partial charge in [-0.2, -0.15) is 11.3 Å². The molecular weight excluding hydrogens is 336 g/mol. The Bertz CT molecular complexity index is 747. The summed E-state index contributed by atoms with van der Waals surface area (Å²) >= 11 is 1.72. The maximum Gasteiger partial charge on any atom is 0.237 e. The molecule has 3 heterocycles. The molecule has 1 fully saturated rings. The van der Waals surface area contributed by atoms with Crippen molar-refractivity contribution in [2.45, 2.75) is 38.4 Å². The van der Waals surface area contributed by atoms with Crippen LogP contribution in [0.25, 0.3) is 0 Å². The van der Waals surface area contributed by atoms with Gasteiger partial charge in [-0.15, -0.1) is 0 Å². The first kappa shape index (κ1) is 16.4. The maximum absolute atomic E-state index is 12.6. The monoisotopic (exact) mass is 358 g/mol. The smallest absolute Gasteiger partial charge is 0.237 e. The fourth-order valence-corrected chi connectivity index (χ4v) is 4.32. The molecule has 2 atom stereocenters. The second kappa shape index (κ2) is 7.06. The van der Waals surface area contributed by atoms with Crippen LogP contribution in [-0.2, 0) is 11.3 Å². The maximum atomic E-state index is 12.6. The molecule has 2 aromatic rings. The molecule has 25 heavy (non-hydrogen) atoms. The van der Waals surface area contributed by atoms with E-state index in [0.29, 0.717) is 12.6 Å². The number of nitrogens with one attached hydrogen (secondary N) is 1. The molecule has 0 spiro atoms. The van der Waals surface area contributed by atoms with Crippen molar-refractivity contribution >= 4 is 17.2 Å². The predicted octanol–water partition coefficient (Wildman–Crippen LogP) is 3.32. The third-order valence-electron chi connectivity index (χ3n) is 5.00. The molecule has 2 aliphatic heterocycles. The van der Waals surface area contributed by atoms with Gasteiger partial charge in [-0.3, -0.25) is 9.69 Å². The first-order valence-corrected chi connectivity index (χ1v) is 9.61. The zero-order valence-corrected chi connectivity index (χ0v) is 15.1. The number of ether oxygens (including phenoxy) is 2. The van der Waals surface area contributed by atoms with Crippen LogP contribution < -0.4 is 14.8 Å². The van der Waals surface area contributed by atoms with Gasteiger partial charge >= 0.3 is 0 Å². The summed E-state index contributed by atoms with van der Waals surface area (Å²) in [5, 5.41) is 7.36. The average molecular weight is 358 g/mol. The number of benzene rings is 1. The second-order valence-corrected chi connectivity index (χ2v) is 7.31. The Kier molecular flexibility index (Phi) is 4.63. The normalized spacial score (nSPS) is 20.6. The van der Waals surface area contributed by atoms with Gasteiger partial charge in [-0.25, -0.2) is 0 Å². The lowest BCUT2D eigenvalue weighted by atomic mass is 10.1. The predicted molar refractivity (Wildman–Crippen MR) is 96.9 cm³/mol. The fourth-order valence-electron chi connectivity index (χ4n) is 3.61. The van der Waals surface area contributed by atoms with Crippen molar-refractivity contribution < 1.29 is 14.3 Å². The van der Waals surface area contributed by atoms with E-state index in [1.807, 2.05) is 25.1 Å². The summed E-state index contributed by atoms with van der Waals surface area (Å²) in [6, 6.07) is 8.17. The number of thiophene rings is 1. The van der Waals surface area contributed by atoms with E-state index in [0.717, 1.165) is 36.4 Å². The number of nitrogens with zero attached hydrogens (tertiary/aromatic N) is 1. The third kappa shape index (κ3) is 3.37. The fraction of sp³-hybridized carbons (Fsp3) is 0.421. The summed E-state index contributed by atoms with van der Waals surface area (Å²) in [6.45, 7) is 3.73. The largest absolute Gasteiger partial charge is 0.454 e. The highest BCUT2D eigenvalue weighted by molar-refractivity contribution is 7.07. The van der Waals surface area contributed by atoms with Gasteiger partial charge in [0.25, 0.3) is 0 Å². The first-order valence-electron chi connectivity index (χ1n) is 8.66. The van der Waals surface area contributed by atoms with Gasteiger partial charge in [0.15, 0.2) is 11.5 Å². The Labute approximate surface area is 151 Å². The minimum absolute atomic E-state index is 0.0693. The lowest BCUT2D eigenvalue weighted by Crippen LogP contribution is -2.44. The van der Waals surface area contributed by atoms with Crippen molar-refractivity contribution in [2.24, 2.45) is 0 Å². The van der Waals surface area contributed by atoms with Gasteiger partial charge < -0.3 is 14.8 Å². The molecule has 0 unspecified atom stereocenters. The Balaban J connectivity index is 1.37. The zero-order chi connectivity index (χ0) is 17.2. The Morgan fingerprint density at radius 1 is 1.36 bits per heavy atom. The van der Waals surface area contributed by atoms with Crippen molar-refractivity contribution in [3.05, 3.63) is 46.2 Å². The van der Waals surface area contributed by atoms with Gasteiger partial charge in [0.1, 0.15) is 0 Å². The lowest BCUT2D eigenvalue weighted by Gasteiger charge is -2.29. The molecule has 0 radical (unpaired) electrons. The van der Waals surface area contributed by atoms with Crippen molar-refractivity contribution in [3.63, 3.8) is 0 Å². The SMILES string of the molecule is C[C@@H](C(=O)NCc1ccc2c(c1)OCO2)N1CCC[C@H]1c1ccsc1. The quantitative estimate of drug-likeness (QED) is 0.891. The number of amides is 1. The molecule has 0 bridgehead atoms. The minimum atomic E-state index is -0.138. The van der Waals surface area contributed by atoms with Gasteiger partial charge in [0.2, 0.25) is 12.7 Å². The van der Waals surface area contributed by atoms with E-state index >= 15 is 0 Å². The van der Waals surface area contributed by atoms with Crippen LogP contribution in [0.3, 0.4) is 0 Å². The molecule has 1 amide bonds. The highest BCUT2D eigenvalue weighted by atomic mass is 32.1. The van der Waals surface area contributed by atoms with Crippen LogP contribution in [-0.4, -0.2) is 30.2 Å². The van der Waals surface area contributed by atoms with Crippen LogP contribution in [0.4, 0.5) is 0 Å². The standard InChI is InChI=1S/C19H22N2O3S/c1-13(21-7-2-3-16(21)15-6-8-25-11-15)19(22)20-10-14-4-5-17-18(9-14)24-12-23-17/h4-6,8-9,11,13,16H,2-3,7,10,12H2,1H3,(H,20,22)/t13-,16-/m0/s1. The van der Waals surface area contributed by atoms with E-state index in [-0.39, 0.29) is 18.7 Å². The Morgan fingerprint density at radius 2 is 2.24 bits per heavy atom. The lowest BCUT2D eigenvalue weighted by molar-refractivity contribution is -0.126. The summed E-state index contributed by atoms with van der Waals surface area (Å²) in [7, 11) is 0. The summed E-state index contributed by atoms with van der Waals surface area (Å²) in [5.74, 6) is 1.58. The molecule has 2 aliphatic rings. The van der Waals surface area contributed by atoms with Crippen LogP contribution in [0.2, 0.25) is 0 Å². The minimum Gasteiger partial charge on any atom is -0.454 e. The molecular formula is C19H22N2O3S. The summed E-state index contributed by atoms with van der Waals surface area (Å²) in [4.78, 5) is 15.0. The number of hydrogen-bond acceptors (Lipinski definition) is 5. The Morgan fingerprint density at radius 3 is 3.08 bits per heavy atom. The number of likely N-dealkylation sites (tertiary alicyclic amines) is 1. The molecule has 4 rings (SSSR count). The molecule has 5 nitrogen and oxygen atoms in total. The number of rotatable bonds is 5. The highest BCUT2D eigenvalue weighted by Gasteiger charge is 2.33. The van der Waals surface area contributed by atoms with Crippen molar-refractivity contribution in [1.29, 1.82) is 0 Å². The van der Waals surface area contributed by atoms with E-state index in [9.17, 15) is 4.79 Å². The molecule has 132 valence electrons. The van der Waals surface area contributed by atoms with Gasteiger partial charge in [0, 0.05) is 12.6 Å². The van der Waals surface area contributed by atoms with E-state index < -0.39 is 0 Å². The Hall–Kier alpha value is -2.05. The van der Waals surface area contributed by atoms with Crippen LogP contribution in [0.5, 0.6) is 11.5 Å². The topological polar surface area (TPSA) is 50.8 Å². The van der Waals surface area contributed by atoms with Gasteiger partial charge in [-0.05, 0) is 66.4 Å². The van der Waals surface area contributed by atoms with E-state index in [1.54, 1.807) is 11.3 Å².